The smallest absolute Gasteiger partial charge is 0.235 e. The maximum Gasteiger partial charge on any atom is 0.235 e. The van der Waals surface area contributed by atoms with Gasteiger partial charge in [0.15, 0.2) is 23.3 Å². The number of hydrogen-bond donors (Lipinski definition) is 1. The van der Waals surface area contributed by atoms with E-state index in [9.17, 15) is 19.8 Å². The Kier molecular flexibility index (Phi) is 6.01. The Morgan fingerprint density at radius 2 is 2.06 bits per heavy atom. The number of amides is 1. The van der Waals surface area contributed by atoms with Gasteiger partial charge < -0.3 is 19.9 Å². The molecule has 1 aromatic carbocycles. The van der Waals surface area contributed by atoms with Crippen molar-refractivity contribution in [2.45, 2.75) is 36.9 Å². The molecule has 34 heavy (non-hydrogen) atoms. The number of aliphatic hydroxyl groups is 1. The summed E-state index contributed by atoms with van der Waals surface area (Å²) in [5.41, 5.74) is 2.85. The molecule has 2 aliphatic rings. The van der Waals surface area contributed by atoms with Crippen LogP contribution in [-0.4, -0.2) is 39.0 Å². The van der Waals surface area contributed by atoms with Gasteiger partial charge in [0.1, 0.15) is 0 Å². The molecule has 0 aliphatic carbocycles. The van der Waals surface area contributed by atoms with Crippen LogP contribution in [0, 0.1) is 11.8 Å². The van der Waals surface area contributed by atoms with Crippen LogP contribution < -0.4 is 9.67 Å². The molecule has 0 saturated carbocycles. The number of carbonyl (C=O) groups is 2. The molecule has 3 aromatic rings. The van der Waals surface area contributed by atoms with Crippen LogP contribution in [0.1, 0.15) is 19.4 Å². The van der Waals surface area contributed by atoms with Crippen molar-refractivity contribution in [3.63, 3.8) is 0 Å². The highest BCUT2D eigenvalue weighted by atomic mass is 32.2. The summed E-state index contributed by atoms with van der Waals surface area (Å²) in [7, 11) is 0. The topological polar surface area (TPSA) is 97.4 Å². The van der Waals surface area contributed by atoms with E-state index in [0.717, 1.165) is 23.4 Å². The zero-order valence-electron chi connectivity index (χ0n) is 18.6. The van der Waals surface area contributed by atoms with Crippen molar-refractivity contribution in [1.82, 2.24) is 9.88 Å². The van der Waals surface area contributed by atoms with E-state index < -0.39 is 18.0 Å². The number of β-lactam (4-membered cyclic amide) rings is 1. The van der Waals surface area contributed by atoms with Crippen molar-refractivity contribution in [3.05, 3.63) is 76.4 Å². The number of carboxylic acids is 1. The zero-order chi connectivity index (χ0) is 24.0. The fourth-order valence-corrected chi connectivity index (χ4v) is 6.85. The Hall–Kier alpha value is -3.01. The predicted molar refractivity (Wildman–Crippen MR) is 126 cm³/mol. The third kappa shape index (κ3) is 3.93. The highest BCUT2D eigenvalue weighted by Gasteiger charge is 2.58. The summed E-state index contributed by atoms with van der Waals surface area (Å²) in [5.74, 6) is -2.57. The predicted octanol–water partition coefficient (Wildman–Crippen LogP) is 2.06. The lowest BCUT2D eigenvalue weighted by Crippen LogP contribution is -2.64. The molecule has 9 heteroatoms. The minimum absolute atomic E-state index is 0.0944. The number of thiazole rings is 1. The Morgan fingerprint density at radius 3 is 2.76 bits per heavy atom. The number of hydrogen-bond acceptors (Lipinski definition) is 7. The normalized spacial score (nSPS) is 22.5. The lowest BCUT2D eigenvalue weighted by atomic mass is 9.79. The van der Waals surface area contributed by atoms with E-state index >= 15 is 0 Å². The molecule has 1 fully saturated rings. The van der Waals surface area contributed by atoms with Crippen LogP contribution in [0.25, 0.3) is 11.3 Å². The number of benzene rings is 1. The number of pyridine rings is 1. The number of rotatable bonds is 7. The number of fused-ring (bicyclic) bond motifs is 1. The quantitative estimate of drug-likeness (QED) is 0.400. The highest BCUT2D eigenvalue weighted by Crippen LogP contribution is 2.52. The average molecular weight is 494 g/mol. The van der Waals surface area contributed by atoms with Crippen LogP contribution in [0.15, 0.2) is 75.2 Å². The van der Waals surface area contributed by atoms with E-state index in [1.807, 2.05) is 55.0 Å². The van der Waals surface area contributed by atoms with Crippen molar-refractivity contribution in [2.75, 3.05) is 0 Å². The fourth-order valence-electron chi connectivity index (χ4n) is 4.76. The molecule has 1 saturated heterocycles. The van der Waals surface area contributed by atoms with E-state index in [0.29, 0.717) is 9.24 Å². The molecular formula is C25H23N3O4S2. The fraction of sp³-hybridized carbons (Fsp3) is 0.280. The number of aromatic nitrogens is 2. The van der Waals surface area contributed by atoms with E-state index in [2.05, 4.69) is 16.7 Å². The number of nitrogens with zero attached hydrogens (tertiary/aromatic N) is 3. The first-order valence-electron chi connectivity index (χ1n) is 11.0. The SMILES string of the molecule is C[C@@H](O)[C@H]1C(=O)N2C(C(=O)[O-])=C(Sc3nc(-c4cccc(C[n+]5ccccc5)c4)cs3)[C@H](C)[C@H]12. The largest absolute Gasteiger partial charge is 0.543 e. The van der Waals surface area contributed by atoms with Gasteiger partial charge in [-0.2, -0.15) is 0 Å². The van der Waals surface area contributed by atoms with E-state index in [-0.39, 0.29) is 23.6 Å². The first-order valence-corrected chi connectivity index (χ1v) is 12.7. The summed E-state index contributed by atoms with van der Waals surface area (Å²) in [6.07, 6.45) is 3.20. The number of carbonyl (C=O) groups excluding carboxylic acids is 2. The summed E-state index contributed by atoms with van der Waals surface area (Å²) in [4.78, 5) is 31.0. The van der Waals surface area contributed by atoms with Gasteiger partial charge in [0.2, 0.25) is 5.91 Å². The van der Waals surface area contributed by atoms with Gasteiger partial charge in [-0.15, -0.1) is 11.3 Å². The molecule has 2 aliphatic heterocycles. The second-order valence-electron chi connectivity index (χ2n) is 8.60. The molecule has 2 aromatic heterocycles. The molecule has 5 rings (SSSR count). The Morgan fingerprint density at radius 1 is 1.29 bits per heavy atom. The lowest BCUT2D eigenvalue weighted by molar-refractivity contribution is -0.688. The van der Waals surface area contributed by atoms with Gasteiger partial charge in [-0.1, -0.05) is 43.0 Å². The van der Waals surface area contributed by atoms with Crippen LogP contribution in [0.2, 0.25) is 0 Å². The molecule has 174 valence electrons. The zero-order valence-corrected chi connectivity index (χ0v) is 20.3. The van der Waals surface area contributed by atoms with Gasteiger partial charge in [-0.3, -0.25) is 4.79 Å². The molecule has 0 spiro atoms. The van der Waals surface area contributed by atoms with Crippen molar-refractivity contribution >= 4 is 35.0 Å². The summed E-state index contributed by atoms with van der Waals surface area (Å²) in [5, 5.41) is 23.9. The lowest BCUT2D eigenvalue weighted by Gasteiger charge is -2.47. The van der Waals surface area contributed by atoms with Crippen molar-refractivity contribution < 1.29 is 24.4 Å². The molecule has 4 atom stereocenters. The van der Waals surface area contributed by atoms with Gasteiger partial charge >= 0.3 is 0 Å². The summed E-state index contributed by atoms with van der Waals surface area (Å²) in [6, 6.07) is 13.8. The summed E-state index contributed by atoms with van der Waals surface area (Å²) < 4.78 is 2.80. The Balaban J connectivity index is 1.38. The van der Waals surface area contributed by atoms with Gasteiger partial charge in [-0.05, 0) is 13.0 Å². The minimum atomic E-state index is -1.38. The summed E-state index contributed by atoms with van der Waals surface area (Å²) in [6.45, 7) is 4.19. The van der Waals surface area contributed by atoms with E-state index in [1.54, 1.807) is 6.92 Å². The van der Waals surface area contributed by atoms with Crippen molar-refractivity contribution in [3.8, 4) is 11.3 Å². The third-order valence-electron chi connectivity index (χ3n) is 6.35. The van der Waals surface area contributed by atoms with Gasteiger partial charge in [0.25, 0.3) is 0 Å². The highest BCUT2D eigenvalue weighted by molar-refractivity contribution is 8.04. The summed E-state index contributed by atoms with van der Waals surface area (Å²) >= 11 is 2.70. The van der Waals surface area contributed by atoms with Gasteiger partial charge in [0, 0.05) is 39.5 Å². The van der Waals surface area contributed by atoms with Crippen LogP contribution >= 0.6 is 23.1 Å². The monoisotopic (exact) mass is 493 g/mol. The minimum Gasteiger partial charge on any atom is -0.543 e. The molecule has 7 nitrogen and oxygen atoms in total. The number of aliphatic hydroxyl groups excluding tert-OH is 1. The molecular weight excluding hydrogens is 470 g/mol. The number of carboxylic acid groups (broad SMARTS) is 1. The van der Waals surface area contributed by atoms with Crippen LogP contribution in [0.5, 0.6) is 0 Å². The molecule has 1 amide bonds. The Labute approximate surface area is 205 Å². The first kappa shape index (κ1) is 22.8. The molecule has 1 N–H and O–H groups in total. The third-order valence-corrected chi connectivity index (χ3v) is 8.57. The maximum absolute atomic E-state index is 12.5. The molecule has 0 radical (unpaired) electrons. The molecule has 4 heterocycles. The molecule has 0 bridgehead atoms. The van der Waals surface area contributed by atoms with Crippen molar-refractivity contribution in [1.29, 1.82) is 0 Å². The van der Waals surface area contributed by atoms with Crippen LogP contribution in [0.3, 0.4) is 0 Å². The van der Waals surface area contributed by atoms with Gasteiger partial charge in [-0.25, -0.2) is 9.55 Å². The molecule has 0 unspecified atom stereocenters. The van der Waals surface area contributed by atoms with Crippen LogP contribution in [-0.2, 0) is 16.1 Å². The second kappa shape index (κ2) is 8.98. The average Bonchev–Trinajstić information content (AvgIpc) is 3.36. The number of thioether (sulfide) groups is 1. The number of aliphatic carboxylic acids is 1. The van der Waals surface area contributed by atoms with E-state index in [4.69, 9.17) is 4.98 Å². The van der Waals surface area contributed by atoms with Crippen molar-refractivity contribution in [2.24, 2.45) is 11.8 Å². The first-order chi connectivity index (χ1) is 16.3. The van der Waals surface area contributed by atoms with Crippen LogP contribution in [0.4, 0.5) is 0 Å². The Bertz CT molecular complexity index is 1290. The van der Waals surface area contributed by atoms with E-state index in [1.165, 1.54) is 28.0 Å². The van der Waals surface area contributed by atoms with Gasteiger partial charge in [0.05, 0.1) is 35.4 Å². The second-order valence-corrected chi connectivity index (χ2v) is 10.8. The standard InChI is InChI=1S/C25H23N3O4S2/c1-14-20-19(15(2)29)23(30)28(20)21(24(31)32)22(14)34-25-26-18(13-33-25)17-8-6-7-16(11-17)12-27-9-4-3-5-10-27/h3-11,13-15,19-20,29H,12H2,1-2H3/t14-,15-,19-,20-/m1/s1. The maximum atomic E-state index is 12.5.